The van der Waals surface area contributed by atoms with Gasteiger partial charge in [-0.3, -0.25) is 0 Å². The number of isocyanates is 2. The van der Waals surface area contributed by atoms with Crippen LogP contribution in [0, 0.1) is 10.8 Å². The summed E-state index contributed by atoms with van der Waals surface area (Å²) in [7, 11) is 0. The molecular formula is C10H12N2O2. The molecule has 0 radical (unpaired) electrons. The zero-order valence-corrected chi connectivity index (χ0v) is 8.13. The van der Waals surface area contributed by atoms with Crippen LogP contribution in [-0.4, -0.2) is 12.2 Å². The molecule has 0 aliphatic heterocycles. The molecule has 0 saturated carbocycles. The number of hydrogen-bond donors (Lipinski definition) is 2. The molecule has 0 bridgehead atoms. The van der Waals surface area contributed by atoms with E-state index in [9.17, 15) is 0 Å². The number of benzene rings is 1. The van der Waals surface area contributed by atoms with Crippen LogP contribution in [0.25, 0.3) is 11.1 Å². The highest BCUT2D eigenvalue weighted by atomic mass is 16.1. The van der Waals surface area contributed by atoms with E-state index in [0.717, 1.165) is 12.2 Å². The summed E-state index contributed by atoms with van der Waals surface area (Å²) in [4.78, 5) is 16.7. The lowest BCUT2D eigenvalue weighted by atomic mass is 9.95. The summed E-state index contributed by atoms with van der Waals surface area (Å²) < 4.78 is 0. The number of nitrogens with one attached hydrogen (secondary N) is 2. The zero-order chi connectivity index (χ0) is 11.4. The first-order chi connectivity index (χ1) is 6.79. The Labute approximate surface area is 82.6 Å². The second-order valence-corrected chi connectivity index (χ2v) is 1.78. The van der Waals surface area contributed by atoms with Gasteiger partial charge in [-0.2, -0.15) is 0 Å². The summed E-state index contributed by atoms with van der Waals surface area (Å²) in [5.41, 5.74) is 2.85. The minimum Gasteiger partial charge on any atom is -0.222 e. The lowest BCUT2D eigenvalue weighted by Gasteiger charge is -2.10. The Hall–Kier alpha value is -2.02. The molecule has 0 heterocycles. The van der Waals surface area contributed by atoms with Gasteiger partial charge in [0.15, 0.2) is 0 Å². The molecule has 4 heteroatoms. The Bertz CT molecular complexity index is 272. The highest BCUT2D eigenvalue weighted by Gasteiger charge is 2.03. The van der Waals surface area contributed by atoms with Crippen molar-refractivity contribution in [2.75, 3.05) is 0 Å². The van der Waals surface area contributed by atoms with Gasteiger partial charge >= 0.3 is 0 Å². The molecule has 14 heavy (non-hydrogen) atoms. The third-order valence-corrected chi connectivity index (χ3v) is 1.22. The fourth-order valence-corrected chi connectivity index (χ4v) is 0.663. The van der Waals surface area contributed by atoms with Gasteiger partial charge in [0, 0.05) is 0 Å². The molecular weight excluding hydrogens is 180 g/mol. The third-order valence-electron chi connectivity index (χ3n) is 1.22. The van der Waals surface area contributed by atoms with E-state index in [4.69, 9.17) is 20.4 Å². The first-order valence-corrected chi connectivity index (χ1v) is 3.98. The number of carbonyl (C=O) groups excluding carboxylic acids is 2. The van der Waals surface area contributed by atoms with E-state index in [-0.39, 0.29) is 0 Å². The normalized spacial score (nSPS) is 6.43. The average molecular weight is 192 g/mol. The van der Waals surface area contributed by atoms with E-state index >= 15 is 0 Å². The van der Waals surface area contributed by atoms with Crippen LogP contribution in [0.15, 0.2) is 24.3 Å². The molecule has 0 aromatic carbocycles. The SMILES string of the molecule is CC.N=C=O.N=C=O.c1cc2ccc1-2. The van der Waals surface area contributed by atoms with Crippen molar-refractivity contribution in [1.82, 2.24) is 0 Å². The van der Waals surface area contributed by atoms with Gasteiger partial charge in [0.25, 0.3) is 0 Å². The van der Waals surface area contributed by atoms with Crippen LogP contribution in [0.5, 0.6) is 0 Å². The Morgan fingerprint density at radius 3 is 1.00 bits per heavy atom. The number of fused-ring (bicyclic) bond motifs is 1. The molecule has 74 valence electrons. The van der Waals surface area contributed by atoms with E-state index in [1.807, 2.05) is 13.8 Å². The molecule has 0 aromatic rings. The smallest absolute Gasteiger partial charge is 0.222 e. The van der Waals surface area contributed by atoms with Crippen LogP contribution >= 0.6 is 0 Å². The van der Waals surface area contributed by atoms with Crippen LogP contribution in [0.3, 0.4) is 0 Å². The van der Waals surface area contributed by atoms with E-state index in [1.165, 1.54) is 11.1 Å². The van der Waals surface area contributed by atoms with Crippen molar-refractivity contribution >= 4 is 12.2 Å². The van der Waals surface area contributed by atoms with Crippen molar-refractivity contribution in [2.24, 2.45) is 0 Å². The Morgan fingerprint density at radius 1 is 0.857 bits per heavy atom. The average Bonchev–Trinajstić information content (AvgIpc) is 2.17. The minimum atomic E-state index is 0.750. The summed E-state index contributed by atoms with van der Waals surface area (Å²) in [5, 5.41) is 10.8. The van der Waals surface area contributed by atoms with Crippen molar-refractivity contribution in [1.29, 1.82) is 10.8 Å². The summed E-state index contributed by atoms with van der Waals surface area (Å²) in [6, 6.07) is 8.48. The predicted octanol–water partition coefficient (Wildman–Crippen LogP) is 2.50. The highest BCUT2D eigenvalue weighted by molar-refractivity contribution is 5.75. The maximum atomic E-state index is 8.35. The van der Waals surface area contributed by atoms with Gasteiger partial charge in [-0.05, 0) is 11.1 Å². The molecule has 0 amide bonds. The Kier molecular flexibility index (Phi) is 11.4. The maximum Gasteiger partial charge on any atom is 0.231 e. The van der Waals surface area contributed by atoms with E-state index in [0.29, 0.717) is 0 Å². The van der Waals surface area contributed by atoms with Crippen LogP contribution < -0.4 is 0 Å². The lowest BCUT2D eigenvalue weighted by molar-refractivity contribution is 0.562. The minimum absolute atomic E-state index is 0.750. The van der Waals surface area contributed by atoms with Gasteiger partial charge in [0.05, 0.1) is 0 Å². The molecule has 0 fully saturated rings. The van der Waals surface area contributed by atoms with E-state index in [2.05, 4.69) is 24.3 Å². The quantitative estimate of drug-likeness (QED) is 0.496. The van der Waals surface area contributed by atoms with Crippen molar-refractivity contribution in [3.05, 3.63) is 24.3 Å². The second-order valence-electron chi connectivity index (χ2n) is 1.78. The molecule has 0 aromatic heterocycles. The van der Waals surface area contributed by atoms with Gasteiger partial charge in [0.2, 0.25) is 12.2 Å². The van der Waals surface area contributed by atoms with Crippen molar-refractivity contribution in [3.63, 3.8) is 0 Å². The molecule has 4 nitrogen and oxygen atoms in total. The summed E-state index contributed by atoms with van der Waals surface area (Å²) >= 11 is 0. The van der Waals surface area contributed by atoms with Crippen LogP contribution in [0.4, 0.5) is 0 Å². The molecule has 2 N–H and O–H groups in total. The van der Waals surface area contributed by atoms with E-state index < -0.39 is 0 Å². The van der Waals surface area contributed by atoms with Crippen LogP contribution in [-0.2, 0) is 9.59 Å². The second kappa shape index (κ2) is 11.0. The molecule has 2 aliphatic rings. The Balaban J connectivity index is 0. The fraction of sp³-hybridized carbons (Fsp3) is 0.200. The molecule has 2 rings (SSSR count). The fourth-order valence-electron chi connectivity index (χ4n) is 0.663. The lowest BCUT2D eigenvalue weighted by Crippen LogP contribution is -1.85. The Morgan fingerprint density at radius 2 is 1.00 bits per heavy atom. The first kappa shape index (κ1) is 14.5. The molecule has 0 spiro atoms. The van der Waals surface area contributed by atoms with Crippen LogP contribution in [0.2, 0.25) is 0 Å². The number of hydrogen-bond acceptors (Lipinski definition) is 4. The number of rotatable bonds is 0. The molecule has 0 atom stereocenters. The van der Waals surface area contributed by atoms with Crippen molar-refractivity contribution < 1.29 is 9.59 Å². The monoisotopic (exact) mass is 192 g/mol. The van der Waals surface area contributed by atoms with Gasteiger partial charge in [-0.15, -0.1) is 0 Å². The largest absolute Gasteiger partial charge is 0.231 e. The van der Waals surface area contributed by atoms with Gasteiger partial charge < -0.3 is 0 Å². The summed E-state index contributed by atoms with van der Waals surface area (Å²) in [5.74, 6) is 0. The van der Waals surface area contributed by atoms with Gasteiger partial charge in [-0.1, -0.05) is 38.1 Å². The summed E-state index contributed by atoms with van der Waals surface area (Å²) in [6.45, 7) is 4.00. The maximum absolute atomic E-state index is 8.35. The molecule has 0 unspecified atom stereocenters. The zero-order valence-electron chi connectivity index (χ0n) is 8.13. The highest BCUT2D eigenvalue weighted by Crippen LogP contribution is 2.29. The summed E-state index contributed by atoms with van der Waals surface area (Å²) in [6.07, 6.45) is 1.50. The van der Waals surface area contributed by atoms with E-state index in [1.54, 1.807) is 0 Å². The molecule has 2 aliphatic carbocycles. The third kappa shape index (κ3) is 5.61. The van der Waals surface area contributed by atoms with Crippen molar-refractivity contribution in [2.45, 2.75) is 13.8 Å². The molecule has 0 saturated heterocycles. The van der Waals surface area contributed by atoms with Gasteiger partial charge in [-0.25, -0.2) is 20.4 Å². The predicted molar refractivity (Wildman–Crippen MR) is 53.6 cm³/mol. The van der Waals surface area contributed by atoms with Gasteiger partial charge in [0.1, 0.15) is 0 Å². The standard InChI is InChI=1S/C6H4.C2H6.2CHNO/c1-2-6-4-3-5(1)6;1-2;2*2-1-3/h1-4H;1-2H3;2*2H. The van der Waals surface area contributed by atoms with Crippen LogP contribution in [0.1, 0.15) is 13.8 Å². The topological polar surface area (TPSA) is 81.8 Å². The first-order valence-electron chi connectivity index (χ1n) is 3.98. The van der Waals surface area contributed by atoms with Crippen molar-refractivity contribution in [3.8, 4) is 11.1 Å².